The van der Waals surface area contributed by atoms with Gasteiger partial charge in [0.05, 0.1) is 50.7 Å². The molecule has 0 bridgehead atoms. The number of aliphatic imine (C=N–C) groups is 1. The number of rotatable bonds is 6. The molecule has 1 saturated heterocycles. The Morgan fingerprint density at radius 2 is 1.62 bits per heavy atom. The zero-order valence-electron chi connectivity index (χ0n) is 23.4. The van der Waals surface area contributed by atoms with Gasteiger partial charge >= 0.3 is 12.1 Å². The first kappa shape index (κ1) is 30.8. The van der Waals surface area contributed by atoms with Crippen molar-refractivity contribution in [3.63, 3.8) is 0 Å². The molecule has 0 saturated carbocycles. The Balaban J connectivity index is 0.00000405. The molecule has 224 valence electrons. The molecule has 2 aliphatic heterocycles. The van der Waals surface area contributed by atoms with Crippen molar-refractivity contribution in [1.29, 1.82) is 0 Å². The first-order valence-corrected chi connectivity index (χ1v) is 13.2. The monoisotopic (exact) mass is 604 g/mol. The van der Waals surface area contributed by atoms with E-state index in [1.165, 1.54) is 20.3 Å². The number of hydrogen-bond donors (Lipinski definition) is 0. The summed E-state index contributed by atoms with van der Waals surface area (Å²) < 4.78 is 57.6. The van der Waals surface area contributed by atoms with Crippen LogP contribution in [0.15, 0.2) is 71.7 Å². The predicted octanol–water partition coefficient (Wildman–Crippen LogP) is 6.08. The van der Waals surface area contributed by atoms with E-state index in [1.807, 2.05) is 53.4 Å². The van der Waals surface area contributed by atoms with Crippen molar-refractivity contribution in [3.8, 4) is 11.5 Å². The molecular weight excluding hydrogens is 573 g/mol. The molecule has 0 radical (unpaired) electrons. The number of nitrogens with zero attached hydrogens (tertiary/aromatic N) is 4. The number of fused-ring (bicyclic) bond motifs is 1. The maximum Gasteiger partial charge on any atom is 0.416 e. The largest absolute Gasteiger partial charge is 0.497 e. The van der Waals surface area contributed by atoms with E-state index in [4.69, 9.17) is 19.2 Å². The Kier molecular flexibility index (Phi) is 9.40. The number of methoxy groups -OCH3 is 3. The molecule has 2 aliphatic rings. The Morgan fingerprint density at radius 3 is 2.29 bits per heavy atom. The SMILES string of the molecule is COC(=O)CC1c2ccccc2N=C(N2CCN(c3cccc(OC)c3)CC2)N1c1cc(C(F)(F)F)ccc1OC.Cl. The summed E-state index contributed by atoms with van der Waals surface area (Å²) >= 11 is 0. The number of piperazine rings is 1. The summed E-state index contributed by atoms with van der Waals surface area (Å²) in [6.07, 6.45) is -4.68. The minimum Gasteiger partial charge on any atom is -0.497 e. The number of alkyl halides is 3. The molecule has 1 atom stereocenters. The lowest BCUT2D eigenvalue weighted by atomic mass is 9.97. The molecule has 12 heteroatoms. The fourth-order valence-corrected chi connectivity index (χ4v) is 5.28. The Bertz CT molecular complexity index is 1440. The molecule has 42 heavy (non-hydrogen) atoms. The van der Waals surface area contributed by atoms with Gasteiger partial charge in [0.25, 0.3) is 0 Å². The van der Waals surface area contributed by atoms with Crippen molar-refractivity contribution in [2.75, 3.05) is 57.3 Å². The molecule has 0 spiro atoms. The number of anilines is 2. The average molecular weight is 605 g/mol. The van der Waals surface area contributed by atoms with Crippen molar-refractivity contribution in [2.24, 2.45) is 4.99 Å². The number of halogens is 4. The molecule has 3 aromatic carbocycles. The van der Waals surface area contributed by atoms with Crippen LogP contribution in [0.3, 0.4) is 0 Å². The molecule has 0 aromatic heterocycles. The number of para-hydroxylation sites is 1. The summed E-state index contributed by atoms with van der Waals surface area (Å²) in [5, 5.41) is 0. The third kappa shape index (κ3) is 6.20. The lowest BCUT2D eigenvalue weighted by Gasteiger charge is -2.45. The van der Waals surface area contributed by atoms with Crippen LogP contribution in [0.2, 0.25) is 0 Å². The van der Waals surface area contributed by atoms with Gasteiger partial charge in [0, 0.05) is 43.5 Å². The lowest BCUT2D eigenvalue weighted by molar-refractivity contribution is -0.141. The van der Waals surface area contributed by atoms with Gasteiger partial charge in [-0.2, -0.15) is 13.2 Å². The molecule has 0 N–H and O–H groups in total. The van der Waals surface area contributed by atoms with Gasteiger partial charge < -0.3 is 28.9 Å². The molecule has 0 aliphatic carbocycles. The third-order valence-corrected chi connectivity index (χ3v) is 7.38. The van der Waals surface area contributed by atoms with Crippen LogP contribution < -0.4 is 19.3 Å². The quantitative estimate of drug-likeness (QED) is 0.316. The Hall–Kier alpha value is -4.12. The molecule has 2 heterocycles. The molecule has 1 fully saturated rings. The highest BCUT2D eigenvalue weighted by Gasteiger charge is 2.39. The van der Waals surface area contributed by atoms with E-state index < -0.39 is 23.8 Å². The predicted molar refractivity (Wildman–Crippen MR) is 157 cm³/mol. The number of esters is 1. The number of benzene rings is 3. The summed E-state index contributed by atoms with van der Waals surface area (Å²) in [6.45, 7) is 2.37. The Morgan fingerprint density at radius 1 is 0.905 bits per heavy atom. The number of carbonyl (C=O) groups is 1. The van der Waals surface area contributed by atoms with Gasteiger partial charge in [-0.3, -0.25) is 4.79 Å². The second-order valence-corrected chi connectivity index (χ2v) is 9.70. The zero-order valence-corrected chi connectivity index (χ0v) is 24.2. The number of hydrogen-bond acceptors (Lipinski definition) is 8. The average Bonchev–Trinajstić information content (AvgIpc) is 3.00. The van der Waals surface area contributed by atoms with Gasteiger partial charge in [-0.05, 0) is 36.4 Å². The molecule has 0 amide bonds. The first-order chi connectivity index (χ1) is 19.7. The van der Waals surface area contributed by atoms with E-state index in [9.17, 15) is 18.0 Å². The van der Waals surface area contributed by atoms with Gasteiger partial charge in [0.15, 0.2) is 0 Å². The van der Waals surface area contributed by atoms with Crippen LogP contribution in [0.1, 0.15) is 23.6 Å². The van der Waals surface area contributed by atoms with Crippen LogP contribution in [0.4, 0.5) is 30.2 Å². The first-order valence-electron chi connectivity index (χ1n) is 13.2. The molecule has 8 nitrogen and oxygen atoms in total. The van der Waals surface area contributed by atoms with E-state index >= 15 is 0 Å². The topological polar surface area (TPSA) is 66.8 Å². The molecule has 1 unspecified atom stereocenters. The van der Waals surface area contributed by atoms with Crippen molar-refractivity contribution < 1.29 is 32.2 Å². The fourth-order valence-electron chi connectivity index (χ4n) is 5.28. The van der Waals surface area contributed by atoms with Crippen LogP contribution in [-0.4, -0.2) is 64.3 Å². The minimum absolute atomic E-state index is 0. The second kappa shape index (κ2) is 12.8. The van der Waals surface area contributed by atoms with Crippen LogP contribution in [0.25, 0.3) is 0 Å². The van der Waals surface area contributed by atoms with Crippen molar-refractivity contribution in [2.45, 2.75) is 18.6 Å². The third-order valence-electron chi connectivity index (χ3n) is 7.38. The van der Waals surface area contributed by atoms with Crippen molar-refractivity contribution in [3.05, 3.63) is 77.9 Å². The molecular formula is C30H32ClF3N4O4. The summed E-state index contributed by atoms with van der Waals surface area (Å²) in [4.78, 5) is 23.5. The van der Waals surface area contributed by atoms with Crippen LogP contribution in [0, 0.1) is 0 Å². The van der Waals surface area contributed by atoms with E-state index in [1.54, 1.807) is 12.0 Å². The van der Waals surface area contributed by atoms with Crippen LogP contribution in [-0.2, 0) is 15.7 Å². The van der Waals surface area contributed by atoms with Gasteiger partial charge in [-0.25, -0.2) is 4.99 Å². The summed E-state index contributed by atoms with van der Waals surface area (Å²) in [5.74, 6) is 0.937. The highest BCUT2D eigenvalue weighted by Crippen LogP contribution is 2.45. The highest BCUT2D eigenvalue weighted by molar-refractivity contribution is 6.02. The number of ether oxygens (including phenoxy) is 3. The number of carbonyl (C=O) groups excluding carboxylic acids is 1. The smallest absolute Gasteiger partial charge is 0.416 e. The lowest BCUT2D eigenvalue weighted by Crippen LogP contribution is -2.55. The molecule has 3 aromatic rings. The zero-order chi connectivity index (χ0) is 29.1. The normalized spacial score (nSPS) is 16.7. The highest BCUT2D eigenvalue weighted by atomic mass is 35.5. The summed E-state index contributed by atoms with van der Waals surface area (Å²) in [6, 6.07) is 17.8. The molecule has 5 rings (SSSR count). The summed E-state index contributed by atoms with van der Waals surface area (Å²) in [5.41, 5.74) is 1.70. The second-order valence-electron chi connectivity index (χ2n) is 9.70. The van der Waals surface area contributed by atoms with Crippen LogP contribution >= 0.6 is 12.4 Å². The van der Waals surface area contributed by atoms with E-state index in [0.717, 1.165) is 23.6 Å². The van der Waals surface area contributed by atoms with Gasteiger partial charge in [0.1, 0.15) is 11.5 Å². The Labute approximate surface area is 248 Å². The maximum atomic E-state index is 13.9. The van der Waals surface area contributed by atoms with Gasteiger partial charge in [-0.1, -0.05) is 24.3 Å². The van der Waals surface area contributed by atoms with E-state index in [-0.39, 0.29) is 30.3 Å². The van der Waals surface area contributed by atoms with Crippen molar-refractivity contribution >= 4 is 41.4 Å². The van der Waals surface area contributed by atoms with Gasteiger partial charge in [-0.15, -0.1) is 12.4 Å². The van der Waals surface area contributed by atoms with Gasteiger partial charge in [0.2, 0.25) is 5.96 Å². The van der Waals surface area contributed by atoms with E-state index in [2.05, 4.69) is 4.90 Å². The standard InChI is InChI=1S/C30H31F3N4O4.ClH/c1-39-22-8-6-7-21(18-22)35-13-15-36(16-14-35)29-34-24-10-5-4-9-23(24)25(19-28(38)41-3)37(29)26-17-20(30(31,32)33)11-12-27(26)40-2;/h4-12,17-18,25H,13-16,19H2,1-3H3;1H. The number of guanidine groups is 1. The fraction of sp³-hybridized carbons (Fsp3) is 0.333. The van der Waals surface area contributed by atoms with Crippen LogP contribution in [0.5, 0.6) is 11.5 Å². The summed E-state index contributed by atoms with van der Waals surface area (Å²) in [7, 11) is 4.32. The minimum atomic E-state index is -4.58. The maximum absolute atomic E-state index is 13.9. The van der Waals surface area contributed by atoms with Crippen molar-refractivity contribution in [1.82, 2.24) is 4.90 Å². The van der Waals surface area contributed by atoms with E-state index in [0.29, 0.717) is 43.4 Å².